The van der Waals surface area contributed by atoms with E-state index in [1.807, 2.05) is 0 Å². The summed E-state index contributed by atoms with van der Waals surface area (Å²) in [7, 11) is 2.14. The fraction of sp³-hybridized carbons (Fsp3) is 0.923. The maximum Gasteiger partial charge on any atom is 0.323 e. The monoisotopic (exact) mass is 255 g/mol. The van der Waals surface area contributed by atoms with Crippen molar-refractivity contribution in [1.29, 1.82) is 0 Å². The van der Waals surface area contributed by atoms with E-state index < -0.39 is 11.5 Å². The fourth-order valence-electron chi connectivity index (χ4n) is 3.20. The molecule has 0 spiro atoms. The predicted octanol–water partition coefficient (Wildman–Crippen LogP) is 0.206. The van der Waals surface area contributed by atoms with Crippen molar-refractivity contribution in [2.24, 2.45) is 11.7 Å². The average Bonchev–Trinajstić information content (AvgIpc) is 2.72. The summed E-state index contributed by atoms with van der Waals surface area (Å²) in [6, 6.07) is 0. The minimum absolute atomic E-state index is 0.148. The molecule has 1 aliphatic carbocycles. The quantitative estimate of drug-likeness (QED) is 0.751. The number of piperazine rings is 1. The van der Waals surface area contributed by atoms with Gasteiger partial charge in [0.1, 0.15) is 5.54 Å². The van der Waals surface area contributed by atoms with Gasteiger partial charge in [-0.05, 0) is 38.8 Å². The molecular formula is C13H25N3O2. The van der Waals surface area contributed by atoms with Crippen LogP contribution >= 0.6 is 0 Å². The van der Waals surface area contributed by atoms with E-state index in [2.05, 4.69) is 16.8 Å². The number of carboxylic acid groups (broad SMARTS) is 1. The lowest BCUT2D eigenvalue weighted by molar-refractivity contribution is -0.144. The highest BCUT2D eigenvalue weighted by Gasteiger charge is 2.45. The lowest BCUT2D eigenvalue weighted by Gasteiger charge is -2.34. The third kappa shape index (κ3) is 2.84. The number of hydrogen-bond donors (Lipinski definition) is 2. The maximum absolute atomic E-state index is 11.3. The fourth-order valence-corrected chi connectivity index (χ4v) is 3.20. The van der Waals surface area contributed by atoms with Crippen LogP contribution in [0.2, 0.25) is 0 Å². The summed E-state index contributed by atoms with van der Waals surface area (Å²) < 4.78 is 0. The number of hydrogen-bond acceptors (Lipinski definition) is 4. The van der Waals surface area contributed by atoms with Gasteiger partial charge in [0, 0.05) is 26.2 Å². The Balaban J connectivity index is 1.81. The van der Waals surface area contributed by atoms with Crippen molar-refractivity contribution in [3.8, 4) is 0 Å². The SMILES string of the molecule is CN1CCN(CCC2CCCC2(N)C(=O)O)CC1. The maximum atomic E-state index is 11.3. The molecule has 0 bridgehead atoms. The number of carboxylic acids is 1. The molecule has 0 amide bonds. The molecule has 3 N–H and O–H groups in total. The molecule has 5 heteroatoms. The second kappa shape index (κ2) is 5.55. The summed E-state index contributed by atoms with van der Waals surface area (Å²) in [5.41, 5.74) is 5.09. The summed E-state index contributed by atoms with van der Waals surface area (Å²) in [5, 5.41) is 9.27. The van der Waals surface area contributed by atoms with E-state index in [1.54, 1.807) is 0 Å². The van der Waals surface area contributed by atoms with Gasteiger partial charge in [0.05, 0.1) is 0 Å². The molecule has 1 heterocycles. The smallest absolute Gasteiger partial charge is 0.323 e. The molecule has 0 aromatic carbocycles. The van der Waals surface area contributed by atoms with Crippen molar-refractivity contribution in [3.05, 3.63) is 0 Å². The van der Waals surface area contributed by atoms with Gasteiger partial charge in [0.15, 0.2) is 0 Å². The van der Waals surface area contributed by atoms with Crippen molar-refractivity contribution in [2.45, 2.75) is 31.2 Å². The van der Waals surface area contributed by atoms with Crippen LogP contribution in [0.5, 0.6) is 0 Å². The van der Waals surface area contributed by atoms with Crippen LogP contribution in [0.25, 0.3) is 0 Å². The first-order valence-electron chi connectivity index (χ1n) is 6.95. The summed E-state index contributed by atoms with van der Waals surface area (Å²) in [6.45, 7) is 5.39. The predicted molar refractivity (Wildman–Crippen MR) is 70.4 cm³/mol. The number of nitrogens with zero attached hydrogens (tertiary/aromatic N) is 2. The van der Waals surface area contributed by atoms with E-state index in [0.717, 1.165) is 52.0 Å². The van der Waals surface area contributed by atoms with Gasteiger partial charge in [0.25, 0.3) is 0 Å². The first-order valence-corrected chi connectivity index (χ1v) is 6.95. The zero-order valence-corrected chi connectivity index (χ0v) is 11.3. The topological polar surface area (TPSA) is 69.8 Å². The van der Waals surface area contributed by atoms with Crippen LogP contribution in [0.1, 0.15) is 25.7 Å². The molecule has 2 atom stereocenters. The summed E-state index contributed by atoms with van der Waals surface area (Å²) >= 11 is 0. The van der Waals surface area contributed by atoms with Crippen LogP contribution in [0.15, 0.2) is 0 Å². The highest BCUT2D eigenvalue weighted by Crippen LogP contribution is 2.36. The molecule has 0 radical (unpaired) electrons. The van der Waals surface area contributed by atoms with Crippen molar-refractivity contribution in [2.75, 3.05) is 39.8 Å². The Morgan fingerprint density at radius 3 is 2.67 bits per heavy atom. The van der Waals surface area contributed by atoms with Crippen LogP contribution in [-0.2, 0) is 4.79 Å². The average molecular weight is 255 g/mol. The Morgan fingerprint density at radius 1 is 1.39 bits per heavy atom. The van der Waals surface area contributed by atoms with Crippen LogP contribution in [0.4, 0.5) is 0 Å². The van der Waals surface area contributed by atoms with Gasteiger partial charge >= 0.3 is 5.97 Å². The van der Waals surface area contributed by atoms with E-state index in [9.17, 15) is 9.90 Å². The van der Waals surface area contributed by atoms with Gasteiger partial charge in [-0.15, -0.1) is 0 Å². The Bertz CT molecular complexity index is 303. The number of aliphatic carboxylic acids is 1. The summed E-state index contributed by atoms with van der Waals surface area (Å²) in [5.74, 6) is -0.668. The van der Waals surface area contributed by atoms with E-state index in [0.29, 0.717) is 6.42 Å². The van der Waals surface area contributed by atoms with E-state index >= 15 is 0 Å². The Morgan fingerprint density at radius 2 is 2.06 bits per heavy atom. The number of carbonyl (C=O) groups is 1. The molecule has 1 saturated carbocycles. The number of likely N-dealkylation sites (N-methyl/N-ethyl adjacent to an activating group) is 1. The Kier molecular flexibility index (Phi) is 4.25. The summed E-state index contributed by atoms with van der Waals surface area (Å²) in [4.78, 5) is 16.0. The third-order valence-corrected chi connectivity index (χ3v) is 4.66. The van der Waals surface area contributed by atoms with Crippen LogP contribution in [0.3, 0.4) is 0 Å². The van der Waals surface area contributed by atoms with E-state index in [1.165, 1.54) is 0 Å². The standard InChI is InChI=1S/C13H25N3O2/c1-15-7-9-16(10-8-15)6-4-11-3-2-5-13(11,14)12(17)18/h11H,2-10,14H2,1H3,(H,17,18). The number of nitrogens with two attached hydrogens (primary N) is 1. The molecule has 5 nitrogen and oxygen atoms in total. The van der Waals surface area contributed by atoms with Crippen LogP contribution < -0.4 is 5.73 Å². The summed E-state index contributed by atoms with van der Waals surface area (Å²) in [6.07, 6.45) is 3.48. The Labute approximate surface area is 109 Å². The molecule has 2 fully saturated rings. The van der Waals surface area contributed by atoms with Gasteiger partial charge in [-0.2, -0.15) is 0 Å². The minimum atomic E-state index is -0.966. The third-order valence-electron chi connectivity index (χ3n) is 4.66. The molecule has 2 unspecified atom stereocenters. The first-order chi connectivity index (χ1) is 8.52. The molecule has 2 rings (SSSR count). The Hall–Kier alpha value is -0.650. The minimum Gasteiger partial charge on any atom is -0.480 e. The van der Waals surface area contributed by atoms with Gasteiger partial charge in [-0.1, -0.05) is 6.42 Å². The second-order valence-corrected chi connectivity index (χ2v) is 5.87. The van der Waals surface area contributed by atoms with Crippen molar-refractivity contribution in [3.63, 3.8) is 0 Å². The molecule has 1 aliphatic heterocycles. The molecule has 18 heavy (non-hydrogen) atoms. The molecule has 0 aromatic heterocycles. The van der Waals surface area contributed by atoms with Crippen molar-refractivity contribution >= 4 is 5.97 Å². The van der Waals surface area contributed by atoms with Gasteiger partial charge < -0.3 is 20.6 Å². The molecule has 104 valence electrons. The van der Waals surface area contributed by atoms with Gasteiger partial charge in [-0.3, -0.25) is 4.79 Å². The zero-order chi connectivity index (χ0) is 13.2. The first kappa shape index (κ1) is 13.8. The normalized spacial score (nSPS) is 34.9. The molecule has 0 aromatic rings. The molecule has 1 saturated heterocycles. The lowest BCUT2D eigenvalue weighted by Crippen LogP contribution is -2.52. The second-order valence-electron chi connectivity index (χ2n) is 5.87. The molecule has 2 aliphatic rings. The van der Waals surface area contributed by atoms with Gasteiger partial charge in [-0.25, -0.2) is 0 Å². The highest BCUT2D eigenvalue weighted by molar-refractivity contribution is 5.79. The van der Waals surface area contributed by atoms with Crippen LogP contribution in [-0.4, -0.2) is 66.2 Å². The van der Waals surface area contributed by atoms with Crippen molar-refractivity contribution < 1.29 is 9.90 Å². The zero-order valence-electron chi connectivity index (χ0n) is 11.3. The van der Waals surface area contributed by atoms with Crippen molar-refractivity contribution in [1.82, 2.24) is 9.80 Å². The number of rotatable bonds is 4. The highest BCUT2D eigenvalue weighted by atomic mass is 16.4. The van der Waals surface area contributed by atoms with Gasteiger partial charge in [0.2, 0.25) is 0 Å². The van der Waals surface area contributed by atoms with E-state index in [4.69, 9.17) is 5.73 Å². The van der Waals surface area contributed by atoms with Crippen LogP contribution in [0, 0.1) is 5.92 Å². The molecular weight excluding hydrogens is 230 g/mol. The largest absolute Gasteiger partial charge is 0.480 e. The lowest BCUT2D eigenvalue weighted by atomic mass is 9.85. The van der Waals surface area contributed by atoms with E-state index in [-0.39, 0.29) is 5.92 Å².